The van der Waals surface area contributed by atoms with E-state index in [9.17, 15) is 4.79 Å². The molecule has 0 aliphatic carbocycles. The Morgan fingerprint density at radius 2 is 1.73 bits per heavy atom. The van der Waals surface area contributed by atoms with Gasteiger partial charge in [0, 0.05) is 42.2 Å². The molecule has 0 radical (unpaired) electrons. The second-order valence-corrected chi connectivity index (χ2v) is 6.95. The number of fused-ring (bicyclic) bond motifs is 1. The number of benzene rings is 2. The molecule has 0 spiro atoms. The van der Waals surface area contributed by atoms with Gasteiger partial charge in [0.1, 0.15) is 0 Å². The molecule has 5 aromatic rings. The fourth-order valence-corrected chi connectivity index (χ4v) is 3.60. The number of carbonyl (C=O) groups excluding carboxylic acids is 1. The summed E-state index contributed by atoms with van der Waals surface area (Å²) >= 11 is 0. The van der Waals surface area contributed by atoms with Crippen LogP contribution < -0.4 is 5.32 Å². The van der Waals surface area contributed by atoms with E-state index in [1.54, 1.807) is 29.3 Å². The number of para-hydroxylation sites is 1. The summed E-state index contributed by atoms with van der Waals surface area (Å²) in [7, 11) is 0. The normalized spacial score (nSPS) is 10.9. The Morgan fingerprint density at radius 1 is 0.900 bits per heavy atom. The van der Waals surface area contributed by atoms with Crippen LogP contribution in [0.3, 0.4) is 0 Å². The number of amides is 1. The van der Waals surface area contributed by atoms with E-state index in [1.807, 2.05) is 60.8 Å². The molecular formula is C24H19N5O. The maximum absolute atomic E-state index is 13.2. The van der Waals surface area contributed by atoms with Gasteiger partial charge in [-0.1, -0.05) is 48.5 Å². The average Bonchev–Trinajstić information content (AvgIpc) is 3.44. The van der Waals surface area contributed by atoms with Crippen LogP contribution in [0.15, 0.2) is 97.6 Å². The van der Waals surface area contributed by atoms with Crippen molar-refractivity contribution in [2.24, 2.45) is 0 Å². The number of rotatable bonds is 5. The van der Waals surface area contributed by atoms with Crippen LogP contribution in [0.2, 0.25) is 0 Å². The first kappa shape index (κ1) is 17.9. The number of pyridine rings is 1. The molecule has 5 rings (SSSR count). The van der Waals surface area contributed by atoms with E-state index < -0.39 is 0 Å². The summed E-state index contributed by atoms with van der Waals surface area (Å²) in [5.41, 5.74) is 3.42. The molecular weight excluding hydrogens is 374 g/mol. The maximum atomic E-state index is 13.2. The lowest BCUT2D eigenvalue weighted by Crippen LogP contribution is -2.14. The third kappa shape index (κ3) is 3.35. The summed E-state index contributed by atoms with van der Waals surface area (Å²) in [6.45, 7) is 0.695. The van der Waals surface area contributed by atoms with E-state index in [1.165, 1.54) is 5.56 Å². The molecule has 0 fully saturated rings. The summed E-state index contributed by atoms with van der Waals surface area (Å²) < 4.78 is 3.74. The number of anilines is 1. The van der Waals surface area contributed by atoms with Gasteiger partial charge in [0.25, 0.3) is 5.91 Å². The molecule has 3 aromatic heterocycles. The van der Waals surface area contributed by atoms with Gasteiger partial charge in [0.15, 0.2) is 5.82 Å². The standard InChI is InChI=1S/C24H19N5O/c30-24(27-21-11-6-13-25-23(21)29-15-7-14-26-29)20-17-28(16-18-8-2-1-3-9-18)22-12-5-4-10-19(20)22/h1-15,17H,16H2,(H,27,30). The van der Waals surface area contributed by atoms with E-state index in [2.05, 4.69) is 32.1 Å². The maximum Gasteiger partial charge on any atom is 0.257 e. The molecule has 3 heterocycles. The highest BCUT2D eigenvalue weighted by molar-refractivity contribution is 6.13. The minimum Gasteiger partial charge on any atom is -0.342 e. The molecule has 0 aliphatic rings. The second-order valence-electron chi connectivity index (χ2n) is 6.95. The molecule has 0 aliphatic heterocycles. The number of nitrogens with one attached hydrogen (secondary N) is 1. The van der Waals surface area contributed by atoms with Crippen LogP contribution in [0.4, 0.5) is 5.69 Å². The van der Waals surface area contributed by atoms with Gasteiger partial charge in [-0.2, -0.15) is 5.10 Å². The fraction of sp³-hybridized carbons (Fsp3) is 0.0417. The van der Waals surface area contributed by atoms with Crippen molar-refractivity contribution >= 4 is 22.5 Å². The van der Waals surface area contributed by atoms with Crippen molar-refractivity contribution in [3.63, 3.8) is 0 Å². The van der Waals surface area contributed by atoms with E-state index in [0.29, 0.717) is 23.6 Å². The predicted octanol–water partition coefficient (Wildman–Crippen LogP) is 4.52. The van der Waals surface area contributed by atoms with Crippen molar-refractivity contribution in [2.45, 2.75) is 6.54 Å². The second kappa shape index (κ2) is 7.67. The van der Waals surface area contributed by atoms with E-state index in [-0.39, 0.29) is 5.91 Å². The Balaban J connectivity index is 1.51. The molecule has 6 heteroatoms. The number of hydrogen-bond donors (Lipinski definition) is 1. The van der Waals surface area contributed by atoms with Crippen molar-refractivity contribution in [1.29, 1.82) is 0 Å². The summed E-state index contributed by atoms with van der Waals surface area (Å²) in [4.78, 5) is 17.6. The highest BCUT2D eigenvalue weighted by atomic mass is 16.1. The zero-order valence-corrected chi connectivity index (χ0v) is 16.1. The Hall–Kier alpha value is -4.19. The van der Waals surface area contributed by atoms with Gasteiger partial charge >= 0.3 is 0 Å². The largest absolute Gasteiger partial charge is 0.342 e. The number of aromatic nitrogens is 4. The van der Waals surface area contributed by atoms with Gasteiger partial charge in [-0.3, -0.25) is 4.79 Å². The molecule has 30 heavy (non-hydrogen) atoms. The van der Waals surface area contributed by atoms with Gasteiger partial charge in [0.2, 0.25) is 0 Å². The zero-order valence-electron chi connectivity index (χ0n) is 16.1. The molecule has 146 valence electrons. The van der Waals surface area contributed by atoms with Crippen molar-refractivity contribution in [1.82, 2.24) is 19.3 Å². The summed E-state index contributed by atoms with van der Waals surface area (Å²) in [5, 5.41) is 8.15. The lowest BCUT2D eigenvalue weighted by atomic mass is 10.1. The minimum absolute atomic E-state index is 0.181. The van der Waals surface area contributed by atoms with Crippen LogP contribution >= 0.6 is 0 Å². The lowest BCUT2D eigenvalue weighted by molar-refractivity contribution is 0.102. The number of nitrogens with zero attached hydrogens (tertiary/aromatic N) is 4. The van der Waals surface area contributed by atoms with Gasteiger partial charge in [0.05, 0.1) is 11.3 Å². The van der Waals surface area contributed by atoms with Crippen LogP contribution in [-0.4, -0.2) is 25.2 Å². The number of hydrogen-bond acceptors (Lipinski definition) is 3. The van der Waals surface area contributed by atoms with E-state index in [0.717, 1.165) is 10.9 Å². The molecule has 0 atom stereocenters. The quantitative estimate of drug-likeness (QED) is 0.477. The first-order valence-electron chi connectivity index (χ1n) is 9.68. The zero-order chi connectivity index (χ0) is 20.3. The SMILES string of the molecule is O=C(Nc1cccnc1-n1cccn1)c1cn(Cc2ccccc2)c2ccccc12. The molecule has 1 N–H and O–H groups in total. The molecule has 1 amide bonds. The third-order valence-corrected chi connectivity index (χ3v) is 4.99. The Kier molecular flexibility index (Phi) is 4.57. The van der Waals surface area contributed by atoms with Crippen LogP contribution in [0, 0.1) is 0 Å². The number of carbonyl (C=O) groups is 1. The van der Waals surface area contributed by atoms with Gasteiger partial charge in [-0.05, 0) is 29.8 Å². The van der Waals surface area contributed by atoms with Crippen molar-refractivity contribution in [3.8, 4) is 5.82 Å². The molecule has 6 nitrogen and oxygen atoms in total. The topological polar surface area (TPSA) is 64.7 Å². The first-order chi connectivity index (χ1) is 14.8. The van der Waals surface area contributed by atoms with Crippen LogP contribution in [0.25, 0.3) is 16.7 Å². The van der Waals surface area contributed by atoms with E-state index in [4.69, 9.17) is 0 Å². The highest BCUT2D eigenvalue weighted by Crippen LogP contribution is 2.24. The molecule has 0 bridgehead atoms. The van der Waals surface area contributed by atoms with Crippen LogP contribution in [0.5, 0.6) is 0 Å². The Bertz CT molecular complexity index is 1310. The van der Waals surface area contributed by atoms with Gasteiger partial charge in [-0.15, -0.1) is 0 Å². The van der Waals surface area contributed by atoms with Crippen molar-refractivity contribution in [3.05, 3.63) is 109 Å². The van der Waals surface area contributed by atoms with Crippen molar-refractivity contribution < 1.29 is 4.79 Å². The summed E-state index contributed by atoms with van der Waals surface area (Å²) in [6.07, 6.45) is 7.07. The average molecular weight is 393 g/mol. The third-order valence-electron chi connectivity index (χ3n) is 4.99. The molecule has 0 saturated carbocycles. The lowest BCUT2D eigenvalue weighted by Gasteiger charge is -2.09. The fourth-order valence-electron chi connectivity index (χ4n) is 3.60. The van der Waals surface area contributed by atoms with Crippen LogP contribution in [0.1, 0.15) is 15.9 Å². The van der Waals surface area contributed by atoms with E-state index >= 15 is 0 Å². The van der Waals surface area contributed by atoms with Gasteiger partial charge < -0.3 is 9.88 Å². The Labute approximate surface area is 173 Å². The molecule has 0 saturated heterocycles. The monoisotopic (exact) mass is 393 g/mol. The Morgan fingerprint density at radius 3 is 2.57 bits per heavy atom. The first-order valence-corrected chi connectivity index (χ1v) is 9.68. The smallest absolute Gasteiger partial charge is 0.257 e. The predicted molar refractivity (Wildman–Crippen MR) is 117 cm³/mol. The van der Waals surface area contributed by atoms with Crippen LogP contribution in [-0.2, 0) is 6.54 Å². The molecule has 0 unspecified atom stereocenters. The highest BCUT2D eigenvalue weighted by Gasteiger charge is 2.17. The summed E-state index contributed by atoms with van der Waals surface area (Å²) in [5.74, 6) is 0.392. The summed E-state index contributed by atoms with van der Waals surface area (Å²) in [6, 6.07) is 23.6. The minimum atomic E-state index is -0.181. The molecule has 2 aromatic carbocycles. The van der Waals surface area contributed by atoms with Crippen molar-refractivity contribution in [2.75, 3.05) is 5.32 Å². The van der Waals surface area contributed by atoms with Gasteiger partial charge in [-0.25, -0.2) is 9.67 Å².